The molecule has 2 amide bonds. The van der Waals surface area contributed by atoms with E-state index in [9.17, 15) is 14.7 Å². The van der Waals surface area contributed by atoms with Gasteiger partial charge in [-0.1, -0.05) is 5.16 Å². The number of rotatable bonds is 5. The van der Waals surface area contributed by atoms with Gasteiger partial charge in [0.1, 0.15) is 22.6 Å². The molecule has 12 heteroatoms. The van der Waals surface area contributed by atoms with Crippen molar-refractivity contribution in [2.45, 2.75) is 32.8 Å². The van der Waals surface area contributed by atoms with Crippen molar-refractivity contribution in [1.29, 1.82) is 0 Å². The lowest BCUT2D eigenvalue weighted by molar-refractivity contribution is 0.0136. The number of aliphatic hydroxyl groups is 1. The van der Waals surface area contributed by atoms with E-state index in [0.29, 0.717) is 62.8 Å². The van der Waals surface area contributed by atoms with Crippen LogP contribution in [0.2, 0.25) is 0 Å². The van der Waals surface area contributed by atoms with E-state index < -0.39 is 5.60 Å². The van der Waals surface area contributed by atoms with E-state index >= 15 is 0 Å². The molecular weight excluding hydrogens is 504 g/mol. The van der Waals surface area contributed by atoms with Gasteiger partial charge in [-0.2, -0.15) is 10.1 Å². The number of nitrogens with zero attached hydrogens (tertiary/aromatic N) is 5. The largest absolute Gasteiger partial charge is 0.460 e. The zero-order valence-electron chi connectivity index (χ0n) is 21.8. The average Bonchev–Trinajstić information content (AvgIpc) is 3.68. The molecule has 5 heterocycles. The molecule has 0 spiro atoms. The second-order valence-corrected chi connectivity index (χ2v) is 9.68. The van der Waals surface area contributed by atoms with Gasteiger partial charge >= 0.3 is 0 Å². The molecule has 200 valence electrons. The molecule has 39 heavy (non-hydrogen) atoms. The Morgan fingerprint density at radius 2 is 2.03 bits per heavy atom. The zero-order chi connectivity index (χ0) is 27.5. The SMILES string of the molecule is CNC(=O)c1c(C)oc2cc(Oc3ccnn4cc(C(=O)N5CCC(O)(c6nc(C)no6)C5)c(C)c34)ccc12. The Morgan fingerprint density at radius 1 is 1.21 bits per heavy atom. The van der Waals surface area contributed by atoms with Gasteiger partial charge in [0.2, 0.25) is 0 Å². The molecule has 5 aromatic rings. The van der Waals surface area contributed by atoms with Crippen molar-refractivity contribution in [2.75, 3.05) is 20.1 Å². The summed E-state index contributed by atoms with van der Waals surface area (Å²) in [5.41, 5.74) is 1.37. The van der Waals surface area contributed by atoms with Gasteiger partial charge in [0.25, 0.3) is 17.7 Å². The number of carbonyl (C=O) groups excluding carboxylic acids is 2. The smallest absolute Gasteiger partial charge is 0.260 e. The summed E-state index contributed by atoms with van der Waals surface area (Å²) in [7, 11) is 1.57. The summed E-state index contributed by atoms with van der Waals surface area (Å²) in [6.07, 6.45) is 3.53. The van der Waals surface area contributed by atoms with Crippen LogP contribution in [0, 0.1) is 20.8 Å². The highest BCUT2D eigenvalue weighted by Gasteiger charge is 2.44. The van der Waals surface area contributed by atoms with Crippen molar-refractivity contribution < 1.29 is 28.4 Å². The number of nitrogens with one attached hydrogen (secondary N) is 1. The third kappa shape index (κ3) is 4.00. The minimum absolute atomic E-state index is 0.0382. The van der Waals surface area contributed by atoms with Gasteiger partial charge in [0, 0.05) is 43.7 Å². The van der Waals surface area contributed by atoms with Crippen LogP contribution in [0.3, 0.4) is 0 Å². The number of furan rings is 1. The Bertz CT molecular complexity index is 1770. The maximum Gasteiger partial charge on any atom is 0.260 e. The Morgan fingerprint density at radius 3 is 2.77 bits per heavy atom. The molecule has 1 aromatic carbocycles. The van der Waals surface area contributed by atoms with E-state index in [1.54, 1.807) is 67.0 Å². The van der Waals surface area contributed by atoms with E-state index in [0.717, 1.165) is 0 Å². The first kappa shape index (κ1) is 24.6. The second-order valence-electron chi connectivity index (χ2n) is 9.68. The van der Waals surface area contributed by atoms with Crippen LogP contribution in [-0.4, -0.2) is 61.7 Å². The van der Waals surface area contributed by atoms with E-state index in [-0.39, 0.29) is 30.7 Å². The number of β-amino-alcohol motifs (C(OH)–C–C–N with tert-alkyl or cyclic N) is 1. The molecule has 0 radical (unpaired) electrons. The number of amides is 2. The van der Waals surface area contributed by atoms with E-state index in [2.05, 4.69) is 20.6 Å². The zero-order valence-corrected chi connectivity index (χ0v) is 21.8. The summed E-state index contributed by atoms with van der Waals surface area (Å²) in [4.78, 5) is 31.5. The molecule has 0 bridgehead atoms. The van der Waals surface area contributed by atoms with Crippen LogP contribution in [-0.2, 0) is 5.60 Å². The summed E-state index contributed by atoms with van der Waals surface area (Å²) < 4.78 is 18.8. The molecule has 1 atom stereocenters. The number of likely N-dealkylation sites (tertiary alicyclic amines) is 1. The van der Waals surface area contributed by atoms with Crippen LogP contribution < -0.4 is 10.1 Å². The minimum atomic E-state index is -1.39. The molecule has 0 aliphatic carbocycles. The Hall–Kier alpha value is -4.71. The Balaban J connectivity index is 1.30. The number of aromatic nitrogens is 4. The number of ether oxygens (including phenoxy) is 1. The van der Waals surface area contributed by atoms with Crippen molar-refractivity contribution in [3.05, 3.63) is 70.8 Å². The summed E-state index contributed by atoms with van der Waals surface area (Å²) in [5.74, 6) is 1.57. The molecule has 1 unspecified atom stereocenters. The summed E-state index contributed by atoms with van der Waals surface area (Å²) in [6, 6.07) is 6.98. The quantitative estimate of drug-likeness (QED) is 0.349. The number of fused-ring (bicyclic) bond motifs is 2. The van der Waals surface area contributed by atoms with E-state index in [4.69, 9.17) is 13.7 Å². The highest BCUT2D eigenvalue weighted by atomic mass is 16.5. The summed E-state index contributed by atoms with van der Waals surface area (Å²) in [6.45, 7) is 5.61. The third-order valence-electron chi connectivity index (χ3n) is 7.10. The minimum Gasteiger partial charge on any atom is -0.460 e. The van der Waals surface area contributed by atoms with Gasteiger partial charge in [-0.05, 0) is 38.5 Å². The standard InChI is InChI=1S/C27H26N6O6/c1-14-19(25(35)32-10-8-27(36,13-32)26-30-16(3)31-39-26)12-33-23(14)20(7-9-29-33)38-17-5-6-18-21(11-17)37-15(2)22(18)24(34)28-4/h5-7,9,11-12,36H,8,10,13H2,1-4H3,(H,28,34). The lowest BCUT2D eigenvalue weighted by atomic mass is 10.0. The molecule has 4 aromatic heterocycles. The first-order valence-electron chi connectivity index (χ1n) is 12.4. The van der Waals surface area contributed by atoms with Crippen molar-refractivity contribution in [1.82, 2.24) is 30.0 Å². The molecule has 1 saturated heterocycles. The van der Waals surface area contributed by atoms with Crippen LogP contribution in [0.5, 0.6) is 11.5 Å². The second kappa shape index (κ2) is 8.95. The van der Waals surface area contributed by atoms with Crippen LogP contribution >= 0.6 is 0 Å². The van der Waals surface area contributed by atoms with Gasteiger partial charge < -0.3 is 29.0 Å². The molecule has 0 saturated carbocycles. The predicted molar refractivity (Wildman–Crippen MR) is 138 cm³/mol. The molecule has 6 rings (SSSR count). The molecule has 1 fully saturated rings. The van der Waals surface area contributed by atoms with Gasteiger partial charge in [-0.3, -0.25) is 9.59 Å². The van der Waals surface area contributed by atoms with Gasteiger partial charge in [-0.25, -0.2) is 4.52 Å². The molecule has 12 nitrogen and oxygen atoms in total. The lowest BCUT2D eigenvalue weighted by Gasteiger charge is -2.19. The Labute approximate surface area is 222 Å². The first-order valence-corrected chi connectivity index (χ1v) is 12.4. The summed E-state index contributed by atoms with van der Waals surface area (Å²) >= 11 is 0. The molecular formula is C27H26N6O6. The maximum atomic E-state index is 13.5. The highest BCUT2D eigenvalue weighted by Crippen LogP contribution is 2.36. The fourth-order valence-corrected chi connectivity index (χ4v) is 5.12. The number of hydrogen-bond acceptors (Lipinski definition) is 9. The number of carbonyl (C=O) groups is 2. The average molecular weight is 531 g/mol. The highest BCUT2D eigenvalue weighted by molar-refractivity contribution is 6.07. The van der Waals surface area contributed by atoms with Crippen LogP contribution in [0.4, 0.5) is 0 Å². The maximum absolute atomic E-state index is 13.5. The first-order chi connectivity index (χ1) is 18.7. The fraction of sp³-hybridized carbons (Fsp3) is 0.296. The van der Waals surface area contributed by atoms with Crippen LogP contribution in [0.1, 0.15) is 50.2 Å². The van der Waals surface area contributed by atoms with Gasteiger partial charge in [0.15, 0.2) is 17.2 Å². The van der Waals surface area contributed by atoms with Gasteiger partial charge in [-0.15, -0.1) is 0 Å². The number of benzene rings is 1. The van der Waals surface area contributed by atoms with Crippen molar-refractivity contribution in [3.8, 4) is 11.5 Å². The topological polar surface area (TPSA) is 148 Å². The van der Waals surface area contributed by atoms with E-state index in [1.165, 1.54) is 0 Å². The normalized spacial score (nSPS) is 17.3. The van der Waals surface area contributed by atoms with Crippen LogP contribution in [0.15, 0.2) is 45.6 Å². The fourth-order valence-electron chi connectivity index (χ4n) is 5.12. The van der Waals surface area contributed by atoms with Crippen molar-refractivity contribution in [3.63, 3.8) is 0 Å². The van der Waals surface area contributed by atoms with Crippen LogP contribution in [0.25, 0.3) is 16.5 Å². The molecule has 1 aliphatic rings. The predicted octanol–water partition coefficient (Wildman–Crippen LogP) is 3.27. The molecule has 1 aliphatic heterocycles. The lowest BCUT2D eigenvalue weighted by Crippen LogP contribution is -2.34. The summed E-state index contributed by atoms with van der Waals surface area (Å²) in [5, 5.41) is 22.5. The number of aryl methyl sites for hydroxylation is 3. The van der Waals surface area contributed by atoms with E-state index in [1.807, 2.05) is 6.92 Å². The van der Waals surface area contributed by atoms with Crippen molar-refractivity contribution >= 4 is 28.3 Å². The van der Waals surface area contributed by atoms with Crippen molar-refractivity contribution in [2.24, 2.45) is 0 Å². The Kier molecular flexibility index (Phi) is 5.65. The molecule has 2 N–H and O–H groups in total. The van der Waals surface area contributed by atoms with Gasteiger partial charge in [0.05, 0.1) is 23.9 Å². The monoisotopic (exact) mass is 530 g/mol. The third-order valence-corrected chi connectivity index (χ3v) is 7.10. The number of hydrogen-bond donors (Lipinski definition) is 2.